The van der Waals surface area contributed by atoms with Crippen molar-refractivity contribution in [3.8, 4) is 5.75 Å². The Morgan fingerprint density at radius 3 is 2.28 bits per heavy atom. The maximum absolute atomic E-state index is 12.9. The molecule has 1 aliphatic rings. The molecular weight excluding hydrogens is 322 g/mol. The largest absolute Gasteiger partial charge is 0.497 e. The molecule has 1 aliphatic heterocycles. The summed E-state index contributed by atoms with van der Waals surface area (Å²) in [4.78, 5) is 37.8. The summed E-state index contributed by atoms with van der Waals surface area (Å²) in [5.74, 6) is -1.94. The highest BCUT2D eigenvalue weighted by Crippen LogP contribution is 2.37. The summed E-state index contributed by atoms with van der Waals surface area (Å²) >= 11 is 0. The number of carbonyl (C=O) groups excluding carboxylic acids is 2. The van der Waals surface area contributed by atoms with E-state index in [0.29, 0.717) is 17.0 Å². The average Bonchev–Trinajstić information content (AvgIpc) is 2.64. The number of carboxylic acid groups (broad SMARTS) is 1. The highest BCUT2D eigenvalue weighted by molar-refractivity contribution is 6.17. The summed E-state index contributed by atoms with van der Waals surface area (Å²) in [6.45, 7) is 0. The Labute approximate surface area is 144 Å². The maximum atomic E-state index is 12.9. The van der Waals surface area contributed by atoms with Crippen LogP contribution >= 0.6 is 0 Å². The Morgan fingerprint density at radius 2 is 1.72 bits per heavy atom. The zero-order valence-corrected chi connectivity index (χ0v) is 13.6. The van der Waals surface area contributed by atoms with E-state index in [4.69, 9.17) is 9.84 Å². The number of methoxy groups -OCH3 is 1. The van der Waals surface area contributed by atoms with Crippen molar-refractivity contribution in [1.82, 2.24) is 0 Å². The lowest BCUT2D eigenvalue weighted by atomic mass is 9.79. The van der Waals surface area contributed by atoms with Gasteiger partial charge >= 0.3 is 5.97 Å². The lowest BCUT2D eigenvalue weighted by molar-refractivity contribution is -0.143. The van der Waals surface area contributed by atoms with E-state index in [1.807, 2.05) is 0 Å². The van der Waals surface area contributed by atoms with Crippen LogP contribution < -0.4 is 9.64 Å². The molecule has 2 aromatic carbocycles. The van der Waals surface area contributed by atoms with Crippen LogP contribution in [0.2, 0.25) is 0 Å². The average molecular weight is 339 g/mol. The van der Waals surface area contributed by atoms with Gasteiger partial charge in [0.2, 0.25) is 5.91 Å². The minimum Gasteiger partial charge on any atom is -0.497 e. The van der Waals surface area contributed by atoms with Gasteiger partial charge < -0.3 is 14.7 Å². The standard InChI is InChI=1S/C19H17NO5/c1-25-14-9-7-13(8-10-14)20-17(15(19(20)24)11-16(21)22)18(23)12-5-3-2-4-6-12/h2-10,15,17H,11H2,1H3,(H,21,22)/t15-,17-/m0/s1. The molecule has 2 atom stereocenters. The van der Waals surface area contributed by atoms with Crippen molar-refractivity contribution < 1.29 is 24.2 Å². The topological polar surface area (TPSA) is 83.9 Å². The summed E-state index contributed by atoms with van der Waals surface area (Å²) in [5.41, 5.74) is 0.996. The summed E-state index contributed by atoms with van der Waals surface area (Å²) in [6, 6.07) is 14.5. The first-order chi connectivity index (χ1) is 12.0. The molecule has 1 fully saturated rings. The molecule has 1 heterocycles. The number of amides is 1. The molecule has 0 unspecified atom stereocenters. The highest BCUT2D eigenvalue weighted by atomic mass is 16.5. The van der Waals surface area contributed by atoms with Crippen LogP contribution in [0, 0.1) is 5.92 Å². The number of anilines is 1. The van der Waals surface area contributed by atoms with Crippen LogP contribution in [-0.2, 0) is 9.59 Å². The second-order valence-electron chi connectivity index (χ2n) is 5.79. The molecule has 1 saturated heterocycles. The van der Waals surface area contributed by atoms with Crippen molar-refractivity contribution in [3.05, 3.63) is 60.2 Å². The number of benzene rings is 2. The summed E-state index contributed by atoms with van der Waals surface area (Å²) in [6.07, 6.45) is -0.366. The third-order valence-electron chi connectivity index (χ3n) is 4.29. The molecular formula is C19H17NO5. The number of nitrogens with zero attached hydrogens (tertiary/aromatic N) is 1. The predicted octanol–water partition coefficient (Wildman–Crippen LogP) is 2.38. The number of Topliss-reactive ketones (excluding diaryl/α,β-unsaturated/α-hetero) is 1. The molecule has 128 valence electrons. The number of carboxylic acids is 1. The molecule has 0 radical (unpaired) electrons. The number of β-lactam (4-membered cyclic amide) rings is 1. The van der Waals surface area contributed by atoms with Gasteiger partial charge in [0.15, 0.2) is 5.78 Å². The van der Waals surface area contributed by atoms with Gasteiger partial charge in [-0.3, -0.25) is 14.4 Å². The zero-order valence-electron chi connectivity index (χ0n) is 13.6. The summed E-state index contributed by atoms with van der Waals surface area (Å²) < 4.78 is 5.10. The van der Waals surface area contributed by atoms with E-state index >= 15 is 0 Å². The SMILES string of the molecule is COc1ccc(N2C(=O)[C@@H](CC(=O)O)[C@H]2C(=O)c2ccccc2)cc1. The smallest absolute Gasteiger partial charge is 0.304 e. The van der Waals surface area contributed by atoms with Crippen molar-refractivity contribution in [3.63, 3.8) is 0 Å². The number of hydrogen-bond acceptors (Lipinski definition) is 4. The second kappa shape index (κ2) is 6.76. The lowest BCUT2D eigenvalue weighted by Crippen LogP contribution is -2.65. The molecule has 0 spiro atoms. The number of hydrogen-bond donors (Lipinski definition) is 1. The van der Waals surface area contributed by atoms with Gasteiger partial charge in [0.05, 0.1) is 19.4 Å². The van der Waals surface area contributed by atoms with E-state index in [-0.39, 0.29) is 18.1 Å². The van der Waals surface area contributed by atoms with Gasteiger partial charge in [-0.2, -0.15) is 0 Å². The molecule has 3 rings (SSSR count). The van der Waals surface area contributed by atoms with Gasteiger partial charge in [-0.25, -0.2) is 0 Å². The van der Waals surface area contributed by atoms with E-state index in [0.717, 1.165) is 0 Å². The van der Waals surface area contributed by atoms with Gasteiger partial charge in [0.1, 0.15) is 11.8 Å². The Hall–Kier alpha value is -3.15. The van der Waals surface area contributed by atoms with E-state index in [1.54, 1.807) is 54.6 Å². The van der Waals surface area contributed by atoms with Crippen molar-refractivity contribution in [2.45, 2.75) is 12.5 Å². The van der Waals surface area contributed by atoms with Crippen molar-refractivity contribution in [2.75, 3.05) is 12.0 Å². The predicted molar refractivity (Wildman–Crippen MR) is 90.8 cm³/mol. The quantitative estimate of drug-likeness (QED) is 0.645. The van der Waals surface area contributed by atoms with E-state index < -0.39 is 17.9 Å². The fourth-order valence-electron chi connectivity index (χ4n) is 3.04. The molecule has 2 aromatic rings. The van der Waals surface area contributed by atoms with Gasteiger partial charge in [0, 0.05) is 11.3 Å². The van der Waals surface area contributed by atoms with Crippen molar-refractivity contribution >= 4 is 23.3 Å². The Kier molecular flexibility index (Phi) is 4.52. The molecule has 1 N–H and O–H groups in total. The van der Waals surface area contributed by atoms with E-state index in [1.165, 1.54) is 12.0 Å². The maximum Gasteiger partial charge on any atom is 0.304 e. The number of ketones is 1. The van der Waals surface area contributed by atoms with Gasteiger partial charge in [-0.15, -0.1) is 0 Å². The van der Waals surface area contributed by atoms with Crippen LogP contribution in [0.15, 0.2) is 54.6 Å². The molecule has 6 nitrogen and oxygen atoms in total. The first-order valence-electron chi connectivity index (χ1n) is 7.81. The molecule has 6 heteroatoms. The Morgan fingerprint density at radius 1 is 1.08 bits per heavy atom. The van der Waals surface area contributed by atoms with Gasteiger partial charge in [-0.1, -0.05) is 30.3 Å². The molecule has 0 bridgehead atoms. The van der Waals surface area contributed by atoms with E-state index in [2.05, 4.69) is 0 Å². The fraction of sp³-hybridized carbons (Fsp3) is 0.211. The van der Waals surface area contributed by atoms with Crippen LogP contribution in [0.25, 0.3) is 0 Å². The van der Waals surface area contributed by atoms with Crippen LogP contribution in [0.5, 0.6) is 5.75 Å². The second-order valence-corrected chi connectivity index (χ2v) is 5.79. The van der Waals surface area contributed by atoms with Crippen molar-refractivity contribution in [1.29, 1.82) is 0 Å². The first-order valence-corrected chi connectivity index (χ1v) is 7.81. The Balaban J connectivity index is 1.93. The number of rotatable bonds is 6. The number of aliphatic carboxylic acids is 1. The van der Waals surface area contributed by atoms with E-state index in [9.17, 15) is 14.4 Å². The molecule has 0 saturated carbocycles. The normalized spacial score (nSPS) is 19.2. The van der Waals surface area contributed by atoms with Crippen LogP contribution in [0.1, 0.15) is 16.8 Å². The molecule has 25 heavy (non-hydrogen) atoms. The highest BCUT2D eigenvalue weighted by Gasteiger charge is 2.52. The van der Waals surface area contributed by atoms with Gasteiger partial charge in [0.25, 0.3) is 0 Å². The lowest BCUT2D eigenvalue weighted by Gasteiger charge is -2.45. The number of carbonyl (C=O) groups is 3. The summed E-state index contributed by atoms with van der Waals surface area (Å²) in [7, 11) is 1.54. The van der Waals surface area contributed by atoms with Crippen LogP contribution in [0.3, 0.4) is 0 Å². The third-order valence-corrected chi connectivity index (χ3v) is 4.29. The molecule has 1 amide bonds. The number of ether oxygens (including phenoxy) is 1. The molecule has 0 aromatic heterocycles. The minimum atomic E-state index is -1.10. The van der Waals surface area contributed by atoms with Crippen LogP contribution in [-0.4, -0.2) is 35.9 Å². The minimum absolute atomic E-state index is 0.262. The van der Waals surface area contributed by atoms with Crippen molar-refractivity contribution in [2.24, 2.45) is 5.92 Å². The fourth-order valence-corrected chi connectivity index (χ4v) is 3.04. The zero-order chi connectivity index (χ0) is 18.0. The molecule has 0 aliphatic carbocycles. The van der Waals surface area contributed by atoms with Crippen LogP contribution in [0.4, 0.5) is 5.69 Å². The first kappa shape index (κ1) is 16.7. The Bertz CT molecular complexity index is 800. The third kappa shape index (κ3) is 3.10. The summed E-state index contributed by atoms with van der Waals surface area (Å²) in [5, 5.41) is 9.06. The van der Waals surface area contributed by atoms with Gasteiger partial charge in [-0.05, 0) is 24.3 Å². The monoisotopic (exact) mass is 339 g/mol.